The number of hydrogen-bond donors (Lipinski definition) is 1. The molecule has 1 saturated carbocycles. The largest absolute Gasteiger partial charge is 0.350 e. The molecule has 1 fully saturated rings. The molecule has 12 heavy (non-hydrogen) atoms. The maximum atomic E-state index is 10.8. The van der Waals surface area contributed by atoms with Crippen molar-refractivity contribution in [1.82, 2.24) is 9.78 Å². The average Bonchev–Trinajstić information content (AvgIpc) is 2.31. The highest BCUT2D eigenvalue weighted by Crippen LogP contribution is 2.35. The molecule has 4 nitrogen and oxygen atoms in total. The van der Waals surface area contributed by atoms with E-state index in [9.17, 15) is 4.79 Å². The normalized spacial score (nSPS) is 17.3. The van der Waals surface area contributed by atoms with E-state index in [1.165, 1.54) is 11.1 Å². The van der Waals surface area contributed by atoms with Gasteiger partial charge in [-0.1, -0.05) is 6.42 Å². The Bertz CT molecular complexity index is 301. The number of rotatable bonds is 1. The summed E-state index contributed by atoms with van der Waals surface area (Å²) in [7, 11) is 0. The molecule has 2 rings (SSSR count). The van der Waals surface area contributed by atoms with Gasteiger partial charge in [0, 0.05) is 5.92 Å². The Morgan fingerprint density at radius 1 is 1.75 bits per heavy atom. The number of aromatic nitrogens is 2. The van der Waals surface area contributed by atoms with Crippen LogP contribution in [0.15, 0.2) is 6.07 Å². The number of amides is 1. The molecule has 1 aliphatic rings. The molecule has 0 unspecified atom stereocenters. The second kappa shape index (κ2) is 2.62. The smallest absolute Gasteiger partial charge is 0.339 e. The molecule has 4 heteroatoms. The average molecular weight is 164 g/mol. The summed E-state index contributed by atoms with van der Waals surface area (Å²) in [6.45, 7) is 0. The van der Waals surface area contributed by atoms with Crippen LogP contribution in [0, 0.1) is 6.20 Å². The molecular weight excluding hydrogens is 154 g/mol. The Labute approximate surface area is 70.4 Å². The molecular formula is C8H10N3O. The molecule has 0 atom stereocenters. The van der Waals surface area contributed by atoms with Crippen molar-refractivity contribution in [1.29, 1.82) is 0 Å². The van der Waals surface area contributed by atoms with E-state index in [1.54, 1.807) is 6.07 Å². The van der Waals surface area contributed by atoms with Gasteiger partial charge in [-0.15, -0.1) is 0 Å². The third-order valence-corrected chi connectivity index (χ3v) is 2.35. The van der Waals surface area contributed by atoms with Crippen molar-refractivity contribution in [2.75, 3.05) is 0 Å². The van der Waals surface area contributed by atoms with Gasteiger partial charge in [0.15, 0.2) is 0 Å². The van der Waals surface area contributed by atoms with Crippen LogP contribution in [-0.2, 0) is 0 Å². The highest BCUT2D eigenvalue weighted by Gasteiger charge is 2.24. The molecule has 1 aromatic rings. The van der Waals surface area contributed by atoms with Crippen LogP contribution in [-0.4, -0.2) is 15.8 Å². The number of nitrogens with two attached hydrogens (primary N) is 1. The van der Waals surface area contributed by atoms with Crippen molar-refractivity contribution in [2.24, 2.45) is 5.73 Å². The summed E-state index contributed by atoms with van der Waals surface area (Å²) in [5.74, 6) is 0.469. The zero-order valence-corrected chi connectivity index (χ0v) is 6.66. The minimum Gasteiger partial charge on any atom is -0.350 e. The number of hydrogen-bond acceptors (Lipinski definition) is 2. The van der Waals surface area contributed by atoms with Crippen LogP contribution in [0.3, 0.4) is 0 Å². The van der Waals surface area contributed by atoms with E-state index in [2.05, 4.69) is 11.3 Å². The minimum atomic E-state index is -0.516. The van der Waals surface area contributed by atoms with Gasteiger partial charge in [-0.2, -0.15) is 9.78 Å². The number of primary amides is 1. The second-order valence-electron chi connectivity index (χ2n) is 3.08. The van der Waals surface area contributed by atoms with Crippen LogP contribution < -0.4 is 5.73 Å². The van der Waals surface area contributed by atoms with E-state index in [0.717, 1.165) is 18.5 Å². The molecule has 0 aromatic carbocycles. The summed E-state index contributed by atoms with van der Waals surface area (Å²) >= 11 is 0. The van der Waals surface area contributed by atoms with Gasteiger partial charge in [-0.05, 0) is 18.9 Å². The molecule has 0 bridgehead atoms. The van der Waals surface area contributed by atoms with Crippen LogP contribution in [0.5, 0.6) is 0 Å². The van der Waals surface area contributed by atoms with Crippen LogP contribution in [0.4, 0.5) is 4.79 Å². The SMILES string of the molecule is NC(=O)n1n[c]cc1C1CCC1. The first-order valence-electron chi connectivity index (χ1n) is 4.05. The first-order valence-corrected chi connectivity index (χ1v) is 4.05. The monoisotopic (exact) mass is 164 g/mol. The van der Waals surface area contributed by atoms with Crippen LogP contribution in [0.1, 0.15) is 30.9 Å². The standard InChI is InChI=1S/C8H10N3O/c9-8(12)11-7(4-5-10-11)6-2-1-3-6/h4,6H,1-3H2,(H2,9,12). The van der Waals surface area contributed by atoms with E-state index in [1.807, 2.05) is 0 Å². The lowest BCUT2D eigenvalue weighted by Gasteiger charge is -2.24. The third-order valence-electron chi connectivity index (χ3n) is 2.35. The van der Waals surface area contributed by atoms with E-state index in [4.69, 9.17) is 5.73 Å². The van der Waals surface area contributed by atoms with Gasteiger partial charge in [0.1, 0.15) is 6.20 Å². The van der Waals surface area contributed by atoms with Gasteiger partial charge < -0.3 is 5.73 Å². The lowest BCUT2D eigenvalue weighted by Crippen LogP contribution is -2.25. The van der Waals surface area contributed by atoms with Crippen molar-refractivity contribution in [3.63, 3.8) is 0 Å². The highest BCUT2D eigenvalue weighted by atomic mass is 16.2. The lowest BCUT2D eigenvalue weighted by atomic mass is 9.83. The molecule has 1 amide bonds. The van der Waals surface area contributed by atoms with Crippen LogP contribution in [0.25, 0.3) is 0 Å². The van der Waals surface area contributed by atoms with Gasteiger partial charge >= 0.3 is 6.03 Å². The van der Waals surface area contributed by atoms with Gasteiger partial charge in [-0.3, -0.25) is 0 Å². The molecule has 1 aliphatic carbocycles. The fraction of sp³-hybridized carbons (Fsp3) is 0.500. The van der Waals surface area contributed by atoms with E-state index < -0.39 is 6.03 Å². The molecule has 63 valence electrons. The minimum absolute atomic E-state index is 0.469. The second-order valence-corrected chi connectivity index (χ2v) is 3.08. The third kappa shape index (κ3) is 0.995. The summed E-state index contributed by atoms with van der Waals surface area (Å²) in [5.41, 5.74) is 6.03. The Kier molecular flexibility index (Phi) is 1.60. The molecule has 0 aliphatic heterocycles. The predicted molar refractivity (Wildman–Crippen MR) is 42.6 cm³/mol. The van der Waals surface area contributed by atoms with Crippen LogP contribution in [0.2, 0.25) is 0 Å². The first-order chi connectivity index (χ1) is 5.79. The van der Waals surface area contributed by atoms with Gasteiger partial charge in [0.25, 0.3) is 0 Å². The van der Waals surface area contributed by atoms with Gasteiger partial charge in [-0.25, -0.2) is 4.79 Å². The summed E-state index contributed by atoms with van der Waals surface area (Å²) in [5, 5.41) is 3.74. The summed E-state index contributed by atoms with van der Waals surface area (Å²) in [6, 6.07) is 1.23. The van der Waals surface area contributed by atoms with Crippen LogP contribution >= 0.6 is 0 Å². The lowest BCUT2D eigenvalue weighted by molar-refractivity contribution is 0.245. The molecule has 0 spiro atoms. The number of carbonyl (C=O) groups is 1. The fourth-order valence-electron chi connectivity index (χ4n) is 1.44. The molecule has 1 radical (unpaired) electrons. The Morgan fingerprint density at radius 3 is 3.00 bits per heavy atom. The van der Waals surface area contributed by atoms with E-state index >= 15 is 0 Å². The molecule has 2 N–H and O–H groups in total. The summed E-state index contributed by atoms with van der Waals surface area (Å²) in [6.07, 6.45) is 6.14. The van der Waals surface area contributed by atoms with Gasteiger partial charge in [0.2, 0.25) is 0 Å². The molecule has 1 heterocycles. The number of nitrogens with zero attached hydrogens (tertiary/aromatic N) is 2. The quantitative estimate of drug-likeness (QED) is 0.669. The number of carbonyl (C=O) groups excluding carboxylic acids is 1. The Balaban J connectivity index is 2.29. The Morgan fingerprint density at radius 2 is 2.50 bits per heavy atom. The van der Waals surface area contributed by atoms with Crippen molar-refractivity contribution < 1.29 is 4.79 Å². The maximum Gasteiger partial charge on any atom is 0.339 e. The summed E-state index contributed by atoms with van der Waals surface area (Å²) < 4.78 is 1.24. The molecule has 0 saturated heterocycles. The Hall–Kier alpha value is -1.32. The van der Waals surface area contributed by atoms with Gasteiger partial charge in [0.05, 0.1) is 5.69 Å². The summed E-state index contributed by atoms with van der Waals surface area (Å²) in [4.78, 5) is 10.8. The maximum absolute atomic E-state index is 10.8. The van der Waals surface area contributed by atoms with Crippen molar-refractivity contribution in [3.05, 3.63) is 18.0 Å². The zero-order valence-electron chi connectivity index (χ0n) is 6.66. The van der Waals surface area contributed by atoms with E-state index in [-0.39, 0.29) is 0 Å². The fourth-order valence-corrected chi connectivity index (χ4v) is 1.44. The topological polar surface area (TPSA) is 60.9 Å². The van der Waals surface area contributed by atoms with Crippen molar-refractivity contribution in [3.8, 4) is 0 Å². The first kappa shape index (κ1) is 7.34. The predicted octanol–water partition coefficient (Wildman–Crippen LogP) is 0.878. The highest BCUT2D eigenvalue weighted by molar-refractivity contribution is 5.74. The van der Waals surface area contributed by atoms with Crippen molar-refractivity contribution in [2.45, 2.75) is 25.2 Å². The molecule has 1 aromatic heterocycles. The zero-order chi connectivity index (χ0) is 8.55. The van der Waals surface area contributed by atoms with Crippen molar-refractivity contribution >= 4 is 6.03 Å². The van der Waals surface area contributed by atoms with E-state index in [0.29, 0.717) is 5.92 Å².